The van der Waals surface area contributed by atoms with Crippen LogP contribution in [0.5, 0.6) is 5.75 Å². The Kier molecular flexibility index (Phi) is 4.28. The molecule has 0 aliphatic carbocycles. The lowest BCUT2D eigenvalue weighted by Crippen LogP contribution is -2.14. The average molecular weight is 332 g/mol. The number of benzene rings is 2. The van der Waals surface area contributed by atoms with Crippen LogP contribution < -0.4 is 11.1 Å². The maximum absolute atomic E-state index is 12.1. The third-order valence-electron chi connectivity index (χ3n) is 2.54. The Morgan fingerprint density at radius 1 is 1.05 bits per heavy atom. The summed E-state index contributed by atoms with van der Waals surface area (Å²) in [5.74, 6) is -0.580. The van der Waals surface area contributed by atoms with Crippen LogP contribution in [0.2, 0.25) is 15.1 Å². The SMILES string of the molecule is Nc1ccc(O)cc1C(=O)Nc1cc(Cl)c(Cl)cc1Cl. The summed E-state index contributed by atoms with van der Waals surface area (Å²) < 4.78 is 0. The summed E-state index contributed by atoms with van der Waals surface area (Å²) >= 11 is 17.6. The van der Waals surface area contributed by atoms with Crippen LogP contribution >= 0.6 is 34.8 Å². The molecule has 0 aliphatic heterocycles. The van der Waals surface area contributed by atoms with Crippen LogP contribution in [-0.4, -0.2) is 11.0 Å². The fourth-order valence-corrected chi connectivity index (χ4v) is 2.14. The van der Waals surface area contributed by atoms with Crippen molar-refractivity contribution < 1.29 is 9.90 Å². The second-order valence-corrected chi connectivity index (χ2v) is 5.19. The first kappa shape index (κ1) is 14.8. The molecule has 0 unspecified atom stereocenters. The normalized spacial score (nSPS) is 10.3. The molecule has 0 bridgehead atoms. The number of halogens is 3. The number of anilines is 2. The minimum Gasteiger partial charge on any atom is -0.508 e. The summed E-state index contributed by atoms with van der Waals surface area (Å²) in [4.78, 5) is 12.1. The Hall–Kier alpha value is -1.62. The van der Waals surface area contributed by atoms with Crippen molar-refractivity contribution in [2.24, 2.45) is 0 Å². The number of hydrogen-bond donors (Lipinski definition) is 3. The molecular formula is C13H9Cl3N2O2. The van der Waals surface area contributed by atoms with Crippen molar-refractivity contribution in [3.63, 3.8) is 0 Å². The molecule has 1 amide bonds. The van der Waals surface area contributed by atoms with Crippen LogP contribution in [0.1, 0.15) is 10.4 Å². The summed E-state index contributed by atoms with van der Waals surface area (Å²) in [6.07, 6.45) is 0. The lowest BCUT2D eigenvalue weighted by atomic mass is 10.1. The molecule has 0 aromatic heterocycles. The van der Waals surface area contributed by atoms with Gasteiger partial charge in [0.1, 0.15) is 5.75 Å². The highest BCUT2D eigenvalue weighted by atomic mass is 35.5. The van der Waals surface area contributed by atoms with Gasteiger partial charge in [0, 0.05) is 5.69 Å². The highest BCUT2D eigenvalue weighted by Crippen LogP contribution is 2.32. The van der Waals surface area contributed by atoms with Gasteiger partial charge in [-0.2, -0.15) is 0 Å². The predicted octanol–water partition coefficient (Wildman–Crippen LogP) is 4.19. The molecule has 104 valence electrons. The quantitative estimate of drug-likeness (QED) is 0.439. The van der Waals surface area contributed by atoms with Gasteiger partial charge in [-0.1, -0.05) is 34.8 Å². The van der Waals surface area contributed by atoms with E-state index in [2.05, 4.69) is 5.32 Å². The van der Waals surface area contributed by atoms with Gasteiger partial charge in [-0.3, -0.25) is 4.79 Å². The zero-order valence-electron chi connectivity index (χ0n) is 9.95. The van der Waals surface area contributed by atoms with Crippen LogP contribution in [-0.2, 0) is 0 Å². The molecule has 0 aliphatic rings. The maximum Gasteiger partial charge on any atom is 0.257 e. The summed E-state index contributed by atoms with van der Waals surface area (Å²) in [7, 11) is 0. The summed E-state index contributed by atoms with van der Waals surface area (Å²) in [6, 6.07) is 6.94. The molecule has 0 saturated carbocycles. The van der Waals surface area contributed by atoms with Gasteiger partial charge in [0.2, 0.25) is 0 Å². The van der Waals surface area contributed by atoms with Crippen LogP contribution in [0.3, 0.4) is 0 Å². The maximum atomic E-state index is 12.1. The van der Waals surface area contributed by atoms with E-state index < -0.39 is 5.91 Å². The highest BCUT2D eigenvalue weighted by molar-refractivity contribution is 6.44. The van der Waals surface area contributed by atoms with Crippen molar-refractivity contribution >= 4 is 52.1 Å². The smallest absolute Gasteiger partial charge is 0.257 e. The number of rotatable bonds is 2. The number of carbonyl (C=O) groups excluding carboxylic acids is 1. The van der Waals surface area contributed by atoms with E-state index in [0.29, 0.717) is 5.69 Å². The fourth-order valence-electron chi connectivity index (χ4n) is 1.55. The standard InChI is InChI=1S/C13H9Cl3N2O2/c14-8-4-10(16)12(5-9(8)15)18-13(20)7-3-6(19)1-2-11(7)17/h1-5,19H,17H2,(H,18,20). The molecule has 4 N–H and O–H groups in total. The largest absolute Gasteiger partial charge is 0.508 e. The number of phenolic OH excluding ortho intramolecular Hbond substituents is 1. The van der Waals surface area contributed by atoms with E-state index >= 15 is 0 Å². The first-order valence-corrected chi connectivity index (χ1v) is 6.56. The molecule has 2 aromatic rings. The molecule has 0 atom stereocenters. The Balaban J connectivity index is 2.32. The lowest BCUT2D eigenvalue weighted by molar-refractivity contribution is 0.102. The van der Waals surface area contributed by atoms with E-state index in [1.165, 1.54) is 30.3 Å². The highest BCUT2D eigenvalue weighted by Gasteiger charge is 2.14. The molecule has 0 fully saturated rings. The molecule has 0 saturated heterocycles. The number of nitrogen functional groups attached to an aromatic ring is 1. The van der Waals surface area contributed by atoms with E-state index in [1.807, 2.05) is 0 Å². The zero-order chi connectivity index (χ0) is 14.9. The van der Waals surface area contributed by atoms with E-state index in [1.54, 1.807) is 0 Å². The monoisotopic (exact) mass is 330 g/mol. The first-order valence-electron chi connectivity index (χ1n) is 5.43. The number of phenols is 1. The van der Waals surface area contributed by atoms with Gasteiger partial charge in [0.15, 0.2) is 0 Å². The van der Waals surface area contributed by atoms with Gasteiger partial charge >= 0.3 is 0 Å². The van der Waals surface area contributed by atoms with Gasteiger partial charge in [0.25, 0.3) is 5.91 Å². The minimum absolute atomic E-state index is 0.0652. The number of carbonyl (C=O) groups is 1. The van der Waals surface area contributed by atoms with Crippen molar-refractivity contribution in [2.45, 2.75) is 0 Å². The van der Waals surface area contributed by atoms with E-state index in [9.17, 15) is 9.90 Å². The summed E-state index contributed by atoms with van der Waals surface area (Å²) in [5, 5.41) is 12.7. The van der Waals surface area contributed by atoms with Crippen LogP contribution in [0, 0.1) is 0 Å². The third-order valence-corrected chi connectivity index (χ3v) is 3.57. The Morgan fingerprint density at radius 2 is 1.70 bits per heavy atom. The van der Waals surface area contributed by atoms with Crippen LogP contribution in [0.25, 0.3) is 0 Å². The van der Waals surface area contributed by atoms with Crippen LogP contribution in [0.4, 0.5) is 11.4 Å². The van der Waals surface area contributed by atoms with Crippen molar-refractivity contribution in [3.8, 4) is 5.75 Å². The fraction of sp³-hybridized carbons (Fsp3) is 0. The van der Waals surface area contributed by atoms with Gasteiger partial charge in [0.05, 0.1) is 26.3 Å². The number of nitrogens with two attached hydrogens (primary N) is 1. The molecule has 4 nitrogen and oxygen atoms in total. The van der Waals surface area contributed by atoms with Crippen molar-refractivity contribution in [1.29, 1.82) is 0 Å². The van der Waals surface area contributed by atoms with Gasteiger partial charge < -0.3 is 16.2 Å². The van der Waals surface area contributed by atoms with Crippen molar-refractivity contribution in [1.82, 2.24) is 0 Å². The van der Waals surface area contributed by atoms with E-state index in [4.69, 9.17) is 40.5 Å². The summed E-state index contributed by atoms with van der Waals surface area (Å²) in [6.45, 7) is 0. The predicted molar refractivity (Wildman–Crippen MR) is 81.9 cm³/mol. The first-order chi connectivity index (χ1) is 9.38. The van der Waals surface area contributed by atoms with E-state index in [-0.39, 0.29) is 32.1 Å². The Bertz CT molecular complexity index is 690. The molecule has 0 heterocycles. The molecule has 20 heavy (non-hydrogen) atoms. The number of amides is 1. The molecule has 7 heteroatoms. The molecule has 2 aromatic carbocycles. The number of nitrogens with one attached hydrogen (secondary N) is 1. The second-order valence-electron chi connectivity index (χ2n) is 3.97. The van der Waals surface area contributed by atoms with E-state index in [0.717, 1.165) is 0 Å². The molecule has 2 rings (SSSR count). The summed E-state index contributed by atoms with van der Waals surface area (Å²) in [5.41, 5.74) is 6.35. The van der Waals surface area contributed by atoms with Gasteiger partial charge in [-0.15, -0.1) is 0 Å². The van der Waals surface area contributed by atoms with Crippen molar-refractivity contribution in [3.05, 3.63) is 51.0 Å². The Morgan fingerprint density at radius 3 is 2.40 bits per heavy atom. The number of aromatic hydroxyl groups is 1. The van der Waals surface area contributed by atoms with Crippen molar-refractivity contribution in [2.75, 3.05) is 11.1 Å². The topological polar surface area (TPSA) is 75.3 Å². The molecule has 0 spiro atoms. The average Bonchev–Trinajstić information content (AvgIpc) is 2.38. The zero-order valence-corrected chi connectivity index (χ0v) is 12.2. The lowest BCUT2D eigenvalue weighted by Gasteiger charge is -2.10. The van der Waals surface area contributed by atoms with Crippen LogP contribution in [0.15, 0.2) is 30.3 Å². The second kappa shape index (κ2) is 5.79. The Labute approximate surface area is 130 Å². The molecule has 0 radical (unpaired) electrons. The minimum atomic E-state index is -0.515. The number of hydrogen-bond acceptors (Lipinski definition) is 3. The molecular weight excluding hydrogens is 323 g/mol. The van der Waals surface area contributed by atoms with Gasteiger partial charge in [-0.25, -0.2) is 0 Å². The third kappa shape index (κ3) is 3.10. The van der Waals surface area contributed by atoms with Gasteiger partial charge in [-0.05, 0) is 30.3 Å².